The molecule has 0 aliphatic rings. The van der Waals surface area contributed by atoms with Gasteiger partial charge in [-0.05, 0) is 12.8 Å². The van der Waals surface area contributed by atoms with Crippen LogP contribution in [0.5, 0.6) is 0 Å². The van der Waals surface area contributed by atoms with Crippen LogP contribution in [0.1, 0.15) is 64.2 Å². The fourth-order valence-corrected chi connectivity index (χ4v) is 1.73. The van der Waals surface area contributed by atoms with Crippen molar-refractivity contribution in [2.75, 3.05) is 7.11 Å². The topological polar surface area (TPSA) is 69.4 Å². The summed E-state index contributed by atoms with van der Waals surface area (Å²) in [6.07, 6.45) is 9.83. The van der Waals surface area contributed by atoms with Gasteiger partial charge in [-0.2, -0.15) is 0 Å². The van der Waals surface area contributed by atoms with E-state index in [1.54, 1.807) is 0 Å². The highest BCUT2D eigenvalue weighted by Crippen LogP contribution is 2.10. The number of esters is 1. The molecular weight excluding hydrogens is 218 g/mol. The van der Waals surface area contributed by atoms with Gasteiger partial charge in [0.25, 0.3) is 0 Å². The molecule has 0 heterocycles. The zero-order valence-electron chi connectivity index (χ0n) is 10.9. The minimum absolute atomic E-state index is 0.114. The van der Waals surface area contributed by atoms with Gasteiger partial charge in [-0.3, -0.25) is 9.59 Å². The molecule has 0 aromatic heterocycles. The van der Waals surface area contributed by atoms with Crippen molar-refractivity contribution in [2.24, 2.45) is 5.73 Å². The van der Waals surface area contributed by atoms with Gasteiger partial charge in [0.1, 0.15) is 0 Å². The van der Waals surface area contributed by atoms with Gasteiger partial charge in [-0.15, -0.1) is 0 Å². The quantitative estimate of drug-likeness (QED) is 0.448. The van der Waals surface area contributed by atoms with Gasteiger partial charge in [0.2, 0.25) is 5.91 Å². The van der Waals surface area contributed by atoms with Crippen molar-refractivity contribution < 1.29 is 14.3 Å². The van der Waals surface area contributed by atoms with Gasteiger partial charge in [0.15, 0.2) is 0 Å². The number of ether oxygens (including phenoxy) is 1. The molecule has 4 heteroatoms. The van der Waals surface area contributed by atoms with Crippen molar-refractivity contribution in [3.05, 3.63) is 0 Å². The molecule has 17 heavy (non-hydrogen) atoms. The second kappa shape index (κ2) is 11.4. The van der Waals surface area contributed by atoms with Crippen LogP contribution in [-0.2, 0) is 14.3 Å². The Labute approximate surface area is 104 Å². The van der Waals surface area contributed by atoms with Crippen molar-refractivity contribution in [3.8, 4) is 0 Å². The number of amides is 1. The molecule has 0 aromatic carbocycles. The molecule has 0 aliphatic carbocycles. The molecular formula is C13H25NO3. The van der Waals surface area contributed by atoms with Gasteiger partial charge >= 0.3 is 5.97 Å². The molecule has 0 aliphatic heterocycles. The summed E-state index contributed by atoms with van der Waals surface area (Å²) in [5.41, 5.74) is 5.05. The first-order valence-corrected chi connectivity index (χ1v) is 6.52. The zero-order valence-corrected chi connectivity index (χ0v) is 10.9. The summed E-state index contributed by atoms with van der Waals surface area (Å²) in [6, 6.07) is 0. The largest absolute Gasteiger partial charge is 0.469 e. The number of rotatable bonds is 11. The standard InChI is InChI=1S/C13H25NO3/c1-17-13(16)11-9-7-5-3-2-4-6-8-10-12(14)15/h2-11H2,1H3,(H2,14,15). The SMILES string of the molecule is COC(=O)CCCCCCCCCCC(N)=O. The van der Waals surface area contributed by atoms with Crippen LogP contribution in [0.4, 0.5) is 0 Å². The van der Waals surface area contributed by atoms with E-state index < -0.39 is 0 Å². The highest BCUT2D eigenvalue weighted by molar-refractivity contribution is 5.73. The lowest BCUT2D eigenvalue weighted by Gasteiger charge is -2.01. The first-order chi connectivity index (χ1) is 8.16. The van der Waals surface area contributed by atoms with Crippen molar-refractivity contribution in [1.82, 2.24) is 0 Å². The Morgan fingerprint density at radius 2 is 1.24 bits per heavy atom. The zero-order chi connectivity index (χ0) is 12.9. The van der Waals surface area contributed by atoms with Crippen LogP contribution < -0.4 is 5.73 Å². The Kier molecular flexibility index (Phi) is 10.7. The van der Waals surface area contributed by atoms with Gasteiger partial charge in [0.05, 0.1) is 7.11 Å². The van der Waals surface area contributed by atoms with E-state index >= 15 is 0 Å². The smallest absolute Gasteiger partial charge is 0.305 e. The normalized spacial score (nSPS) is 10.2. The van der Waals surface area contributed by atoms with Gasteiger partial charge in [-0.25, -0.2) is 0 Å². The molecule has 0 rings (SSSR count). The first kappa shape index (κ1) is 15.9. The van der Waals surface area contributed by atoms with E-state index in [4.69, 9.17) is 5.73 Å². The van der Waals surface area contributed by atoms with E-state index in [0.29, 0.717) is 12.8 Å². The average Bonchev–Trinajstić information content (AvgIpc) is 2.30. The summed E-state index contributed by atoms with van der Waals surface area (Å²) >= 11 is 0. The van der Waals surface area contributed by atoms with E-state index in [-0.39, 0.29) is 11.9 Å². The third-order valence-corrected chi connectivity index (χ3v) is 2.78. The predicted octanol–water partition coefficient (Wildman–Crippen LogP) is 2.55. The van der Waals surface area contributed by atoms with E-state index in [1.165, 1.54) is 32.8 Å². The molecule has 0 fully saturated rings. The van der Waals surface area contributed by atoms with Crippen LogP contribution in [0.25, 0.3) is 0 Å². The molecule has 0 bridgehead atoms. The van der Waals surface area contributed by atoms with Crippen molar-refractivity contribution >= 4 is 11.9 Å². The molecule has 0 unspecified atom stereocenters. The Morgan fingerprint density at radius 1 is 0.824 bits per heavy atom. The van der Waals surface area contributed by atoms with Crippen LogP contribution >= 0.6 is 0 Å². The number of hydrogen-bond acceptors (Lipinski definition) is 3. The molecule has 1 amide bonds. The second-order valence-electron chi connectivity index (χ2n) is 4.37. The number of methoxy groups -OCH3 is 1. The minimum atomic E-state index is -0.201. The molecule has 0 saturated carbocycles. The Morgan fingerprint density at radius 3 is 1.65 bits per heavy atom. The molecule has 2 N–H and O–H groups in total. The van der Waals surface area contributed by atoms with Crippen molar-refractivity contribution in [2.45, 2.75) is 64.2 Å². The van der Waals surface area contributed by atoms with E-state index in [2.05, 4.69) is 4.74 Å². The third kappa shape index (κ3) is 12.9. The van der Waals surface area contributed by atoms with E-state index in [1.807, 2.05) is 0 Å². The van der Waals surface area contributed by atoms with Crippen LogP contribution in [-0.4, -0.2) is 19.0 Å². The summed E-state index contributed by atoms with van der Waals surface area (Å²) in [7, 11) is 1.43. The molecule has 0 radical (unpaired) electrons. The van der Waals surface area contributed by atoms with Crippen molar-refractivity contribution in [1.29, 1.82) is 0 Å². The number of carbonyl (C=O) groups excluding carboxylic acids is 2. The van der Waals surface area contributed by atoms with Gasteiger partial charge < -0.3 is 10.5 Å². The first-order valence-electron chi connectivity index (χ1n) is 6.52. The average molecular weight is 243 g/mol. The minimum Gasteiger partial charge on any atom is -0.469 e. The van der Waals surface area contributed by atoms with Crippen LogP contribution in [0, 0.1) is 0 Å². The van der Waals surface area contributed by atoms with Crippen LogP contribution in [0.3, 0.4) is 0 Å². The van der Waals surface area contributed by atoms with E-state index in [9.17, 15) is 9.59 Å². The maximum Gasteiger partial charge on any atom is 0.305 e. The fourth-order valence-electron chi connectivity index (χ4n) is 1.73. The molecule has 100 valence electrons. The number of nitrogens with two attached hydrogens (primary N) is 1. The molecule has 0 aromatic rings. The molecule has 0 atom stereocenters. The summed E-state index contributed by atoms with van der Waals surface area (Å²) in [6.45, 7) is 0. The maximum absolute atomic E-state index is 10.8. The van der Waals surface area contributed by atoms with Crippen LogP contribution in [0.15, 0.2) is 0 Å². The highest BCUT2D eigenvalue weighted by atomic mass is 16.5. The molecule has 0 spiro atoms. The lowest BCUT2D eigenvalue weighted by Crippen LogP contribution is -2.09. The van der Waals surface area contributed by atoms with Gasteiger partial charge in [0, 0.05) is 12.8 Å². The summed E-state index contributed by atoms with van der Waals surface area (Å²) in [4.78, 5) is 21.3. The Balaban J connectivity index is 3.03. The fraction of sp³-hybridized carbons (Fsp3) is 0.846. The van der Waals surface area contributed by atoms with Gasteiger partial charge in [-0.1, -0.05) is 38.5 Å². The maximum atomic E-state index is 10.8. The number of hydrogen-bond donors (Lipinski definition) is 1. The third-order valence-electron chi connectivity index (χ3n) is 2.78. The Hall–Kier alpha value is -1.06. The number of unbranched alkanes of at least 4 members (excludes halogenated alkanes) is 7. The monoisotopic (exact) mass is 243 g/mol. The predicted molar refractivity (Wildman–Crippen MR) is 67.4 cm³/mol. The summed E-state index contributed by atoms with van der Waals surface area (Å²) < 4.78 is 4.56. The lowest BCUT2D eigenvalue weighted by atomic mass is 10.1. The second-order valence-corrected chi connectivity index (χ2v) is 4.37. The lowest BCUT2D eigenvalue weighted by molar-refractivity contribution is -0.140. The number of primary amides is 1. The molecule has 0 saturated heterocycles. The Bertz CT molecular complexity index is 217. The highest BCUT2D eigenvalue weighted by Gasteiger charge is 1.99. The summed E-state index contributed by atoms with van der Waals surface area (Å²) in [5, 5.41) is 0. The molecule has 4 nitrogen and oxygen atoms in total. The van der Waals surface area contributed by atoms with Crippen molar-refractivity contribution in [3.63, 3.8) is 0 Å². The van der Waals surface area contributed by atoms with E-state index in [0.717, 1.165) is 25.7 Å². The van der Waals surface area contributed by atoms with Crippen LogP contribution in [0.2, 0.25) is 0 Å². The number of carbonyl (C=O) groups is 2. The summed E-state index contributed by atoms with van der Waals surface area (Å²) in [5.74, 6) is -0.315.